The zero-order chi connectivity index (χ0) is 22.1. The van der Waals surface area contributed by atoms with Crippen LogP contribution >= 0.6 is 11.8 Å². The van der Waals surface area contributed by atoms with E-state index in [-0.39, 0.29) is 22.7 Å². The molecule has 4 rings (SSSR count). The summed E-state index contributed by atoms with van der Waals surface area (Å²) in [6.07, 6.45) is 1.43. The van der Waals surface area contributed by atoms with Crippen LogP contribution in [0.15, 0.2) is 63.9 Å². The van der Waals surface area contributed by atoms with Gasteiger partial charge in [0.25, 0.3) is 16.8 Å². The van der Waals surface area contributed by atoms with Crippen molar-refractivity contribution in [3.63, 3.8) is 0 Å². The van der Waals surface area contributed by atoms with Crippen LogP contribution in [-0.4, -0.2) is 21.0 Å². The molecule has 0 spiro atoms. The Kier molecular flexibility index (Phi) is 5.43. The van der Waals surface area contributed by atoms with Gasteiger partial charge in [0.15, 0.2) is 0 Å². The molecule has 9 heteroatoms. The Balaban J connectivity index is 1.58. The van der Waals surface area contributed by atoms with E-state index >= 15 is 0 Å². The first-order valence-electron chi connectivity index (χ1n) is 9.17. The van der Waals surface area contributed by atoms with Gasteiger partial charge >= 0.3 is 0 Å². The summed E-state index contributed by atoms with van der Waals surface area (Å²) in [5.74, 6) is -0.313. The summed E-state index contributed by atoms with van der Waals surface area (Å²) in [5.41, 5.74) is 1.53. The van der Waals surface area contributed by atoms with Crippen molar-refractivity contribution >= 4 is 34.7 Å². The monoisotopic (exact) mass is 438 g/mol. The maximum Gasteiger partial charge on any atom is 0.293 e. The second kappa shape index (κ2) is 8.19. The summed E-state index contributed by atoms with van der Waals surface area (Å²) < 4.78 is 19.6. The molecule has 0 saturated carbocycles. The number of nitro benzene ring substituents is 1. The quantitative estimate of drug-likeness (QED) is 0.295. The highest BCUT2D eigenvalue weighted by Gasteiger charge is 2.35. The predicted molar refractivity (Wildman–Crippen MR) is 113 cm³/mol. The van der Waals surface area contributed by atoms with E-state index in [1.54, 1.807) is 31.2 Å². The van der Waals surface area contributed by atoms with E-state index in [0.29, 0.717) is 17.1 Å². The standard InChI is InChI=1S/C22H15FN2O5S/c1-13-6-7-15(25(28)29)10-17(13)19-9-8-16(30-19)11-20-21(26)24(22(27)31-20)12-14-4-2-3-5-18(14)23/h2-11H,12H2,1H3/b20-11-. The van der Waals surface area contributed by atoms with Gasteiger partial charge in [-0.25, -0.2) is 4.39 Å². The third-order valence-corrected chi connectivity index (χ3v) is 5.66. The number of non-ortho nitro benzene ring substituents is 1. The molecule has 2 aromatic carbocycles. The topological polar surface area (TPSA) is 93.7 Å². The number of furan rings is 1. The number of rotatable bonds is 5. The minimum atomic E-state index is -0.539. The number of hydrogen-bond acceptors (Lipinski definition) is 6. The summed E-state index contributed by atoms with van der Waals surface area (Å²) in [6.45, 7) is 1.64. The summed E-state index contributed by atoms with van der Waals surface area (Å²) in [6, 6.07) is 13.7. The predicted octanol–water partition coefficient (Wildman–Crippen LogP) is 5.54. The van der Waals surface area contributed by atoms with Gasteiger partial charge in [-0.15, -0.1) is 0 Å². The molecule has 1 aliphatic rings. The fraction of sp³-hybridized carbons (Fsp3) is 0.0909. The van der Waals surface area contributed by atoms with Gasteiger partial charge in [0.2, 0.25) is 0 Å². The molecule has 31 heavy (non-hydrogen) atoms. The van der Waals surface area contributed by atoms with Crippen molar-refractivity contribution in [1.29, 1.82) is 0 Å². The van der Waals surface area contributed by atoms with Gasteiger partial charge in [0.05, 0.1) is 16.4 Å². The van der Waals surface area contributed by atoms with E-state index in [2.05, 4.69) is 0 Å². The molecule has 3 aromatic rings. The third kappa shape index (κ3) is 4.13. The second-order valence-corrected chi connectivity index (χ2v) is 7.81. The highest BCUT2D eigenvalue weighted by atomic mass is 32.2. The van der Waals surface area contributed by atoms with Crippen LogP contribution in [-0.2, 0) is 11.3 Å². The number of hydrogen-bond donors (Lipinski definition) is 0. The lowest BCUT2D eigenvalue weighted by Gasteiger charge is -2.12. The number of aryl methyl sites for hydroxylation is 1. The van der Waals surface area contributed by atoms with Crippen LogP contribution < -0.4 is 0 Å². The van der Waals surface area contributed by atoms with Gasteiger partial charge in [-0.1, -0.05) is 24.3 Å². The minimum Gasteiger partial charge on any atom is -0.457 e. The number of amides is 2. The van der Waals surface area contributed by atoms with Gasteiger partial charge in [-0.05, 0) is 42.4 Å². The number of thioether (sulfide) groups is 1. The van der Waals surface area contributed by atoms with Crippen LogP contribution in [0.25, 0.3) is 17.4 Å². The minimum absolute atomic E-state index is 0.0622. The highest BCUT2D eigenvalue weighted by molar-refractivity contribution is 8.18. The van der Waals surface area contributed by atoms with Crippen LogP contribution in [0.1, 0.15) is 16.9 Å². The van der Waals surface area contributed by atoms with Crippen LogP contribution in [0.5, 0.6) is 0 Å². The number of imide groups is 1. The van der Waals surface area contributed by atoms with Crippen molar-refractivity contribution < 1.29 is 23.3 Å². The Morgan fingerprint density at radius 3 is 2.68 bits per heavy atom. The zero-order valence-corrected chi connectivity index (χ0v) is 17.0. The van der Waals surface area contributed by atoms with Gasteiger partial charge < -0.3 is 4.42 Å². The summed E-state index contributed by atoms with van der Waals surface area (Å²) in [4.78, 5) is 36.6. The van der Waals surface area contributed by atoms with E-state index in [4.69, 9.17) is 4.42 Å². The van der Waals surface area contributed by atoms with Crippen molar-refractivity contribution in [2.45, 2.75) is 13.5 Å². The molecular weight excluding hydrogens is 423 g/mol. The number of carbonyl (C=O) groups is 2. The molecule has 2 amide bonds. The van der Waals surface area contributed by atoms with Gasteiger partial charge in [0.1, 0.15) is 17.3 Å². The fourth-order valence-corrected chi connectivity index (χ4v) is 3.95. The molecule has 2 heterocycles. The number of nitrogens with zero attached hydrogens (tertiary/aromatic N) is 2. The molecule has 0 unspecified atom stereocenters. The Morgan fingerprint density at radius 2 is 1.94 bits per heavy atom. The number of nitro groups is 1. The smallest absolute Gasteiger partial charge is 0.293 e. The average molecular weight is 438 g/mol. The fourth-order valence-electron chi connectivity index (χ4n) is 3.13. The summed E-state index contributed by atoms with van der Waals surface area (Å²) in [5, 5.41) is 10.5. The second-order valence-electron chi connectivity index (χ2n) is 6.82. The molecule has 156 valence electrons. The number of halogens is 1. The van der Waals surface area contributed by atoms with Gasteiger partial charge in [0, 0.05) is 29.3 Å². The molecule has 0 bridgehead atoms. The first kappa shape index (κ1) is 20.5. The molecule has 0 aliphatic carbocycles. The SMILES string of the molecule is Cc1ccc([N+](=O)[O-])cc1-c1ccc(/C=C2\SC(=O)N(Cc3ccccc3F)C2=O)o1. The lowest BCUT2D eigenvalue weighted by atomic mass is 10.1. The summed E-state index contributed by atoms with van der Waals surface area (Å²) >= 11 is 0.743. The Bertz CT molecular complexity index is 1250. The lowest BCUT2D eigenvalue weighted by Crippen LogP contribution is -2.27. The van der Waals surface area contributed by atoms with Crippen LogP contribution in [0.3, 0.4) is 0 Å². The van der Waals surface area contributed by atoms with E-state index in [1.165, 1.54) is 36.4 Å². The third-order valence-electron chi connectivity index (χ3n) is 4.76. The largest absolute Gasteiger partial charge is 0.457 e. The van der Waals surface area contributed by atoms with Gasteiger partial charge in [-0.2, -0.15) is 0 Å². The van der Waals surface area contributed by atoms with E-state index in [0.717, 1.165) is 22.2 Å². The molecule has 0 radical (unpaired) electrons. The maximum absolute atomic E-state index is 13.9. The van der Waals surface area contributed by atoms with Crippen LogP contribution in [0, 0.1) is 22.9 Å². The van der Waals surface area contributed by atoms with Crippen molar-refractivity contribution in [2.75, 3.05) is 0 Å². The van der Waals surface area contributed by atoms with E-state index in [9.17, 15) is 24.1 Å². The number of benzene rings is 2. The molecular formula is C22H15FN2O5S. The molecule has 0 N–H and O–H groups in total. The highest BCUT2D eigenvalue weighted by Crippen LogP contribution is 2.35. The Hall–Kier alpha value is -3.72. The van der Waals surface area contributed by atoms with Crippen molar-refractivity contribution in [2.24, 2.45) is 0 Å². The first-order chi connectivity index (χ1) is 14.8. The van der Waals surface area contributed by atoms with Gasteiger partial charge in [-0.3, -0.25) is 24.6 Å². The number of carbonyl (C=O) groups excluding carboxylic acids is 2. The normalized spacial score (nSPS) is 15.2. The first-order valence-corrected chi connectivity index (χ1v) is 9.99. The molecule has 1 aromatic heterocycles. The molecule has 1 fully saturated rings. The van der Waals surface area contributed by atoms with Crippen molar-refractivity contribution in [3.05, 3.63) is 92.3 Å². The molecule has 7 nitrogen and oxygen atoms in total. The zero-order valence-electron chi connectivity index (χ0n) is 16.2. The van der Waals surface area contributed by atoms with E-state index < -0.39 is 21.9 Å². The lowest BCUT2D eigenvalue weighted by molar-refractivity contribution is -0.384. The summed E-state index contributed by atoms with van der Waals surface area (Å²) in [7, 11) is 0. The van der Waals surface area contributed by atoms with Crippen molar-refractivity contribution in [1.82, 2.24) is 4.90 Å². The Labute approximate surface area is 180 Å². The molecule has 1 aliphatic heterocycles. The van der Waals surface area contributed by atoms with E-state index in [1.807, 2.05) is 0 Å². The molecule has 1 saturated heterocycles. The molecule has 0 atom stereocenters. The van der Waals surface area contributed by atoms with Crippen molar-refractivity contribution in [3.8, 4) is 11.3 Å². The average Bonchev–Trinajstić information content (AvgIpc) is 3.30. The maximum atomic E-state index is 13.9. The Morgan fingerprint density at radius 1 is 1.16 bits per heavy atom. The van der Waals surface area contributed by atoms with Crippen LogP contribution in [0.2, 0.25) is 0 Å². The van der Waals surface area contributed by atoms with Crippen LogP contribution in [0.4, 0.5) is 14.9 Å².